The third kappa shape index (κ3) is 2.97. The summed E-state index contributed by atoms with van der Waals surface area (Å²) in [5, 5.41) is 11.5. The van der Waals surface area contributed by atoms with Crippen LogP contribution in [0.1, 0.15) is 32.3 Å². The maximum atomic E-state index is 14.1. The van der Waals surface area contributed by atoms with E-state index in [4.69, 9.17) is 10.9 Å². The molecule has 0 aromatic heterocycles. The van der Waals surface area contributed by atoms with Crippen LogP contribution in [0.4, 0.5) is 10.1 Å². The number of nitrogens with zero attached hydrogens (tertiary/aromatic N) is 2. The fourth-order valence-electron chi connectivity index (χ4n) is 2.61. The smallest absolute Gasteiger partial charge is 0.170 e. The highest BCUT2D eigenvalue weighted by Gasteiger charge is 2.27. The molecule has 0 bridgehead atoms. The van der Waals surface area contributed by atoms with Gasteiger partial charge in [0.15, 0.2) is 5.84 Å². The first-order valence-corrected chi connectivity index (χ1v) is 6.45. The number of halogens is 1. The highest BCUT2D eigenvalue weighted by molar-refractivity contribution is 5.97. The monoisotopic (exact) mass is 265 g/mol. The second-order valence-electron chi connectivity index (χ2n) is 5.84. The van der Waals surface area contributed by atoms with E-state index in [1.807, 2.05) is 0 Å². The summed E-state index contributed by atoms with van der Waals surface area (Å²) in [5.74, 6) is -0.411. The first-order valence-electron chi connectivity index (χ1n) is 6.45. The van der Waals surface area contributed by atoms with Crippen LogP contribution in [0, 0.1) is 11.2 Å². The number of benzene rings is 1. The van der Waals surface area contributed by atoms with Crippen LogP contribution in [0.2, 0.25) is 0 Å². The average Bonchev–Trinajstić information content (AvgIpc) is 2.36. The standard InChI is InChI=1S/C14H20FN3O/c1-14(2)6-3-7-18(9-14)12-5-4-10(8-11(12)15)13(16)17-19/h4-5,8,19H,3,6-7,9H2,1-2H3,(H2,16,17). The molecule has 1 aliphatic rings. The summed E-state index contributed by atoms with van der Waals surface area (Å²) in [4.78, 5) is 2.06. The summed E-state index contributed by atoms with van der Waals surface area (Å²) in [6, 6.07) is 4.69. The number of amidine groups is 1. The molecule has 4 nitrogen and oxygen atoms in total. The number of nitrogens with two attached hydrogens (primary N) is 1. The van der Waals surface area contributed by atoms with Gasteiger partial charge in [-0.3, -0.25) is 0 Å². The topological polar surface area (TPSA) is 61.8 Å². The Morgan fingerprint density at radius 2 is 2.21 bits per heavy atom. The molecular formula is C14H20FN3O. The van der Waals surface area contributed by atoms with E-state index >= 15 is 0 Å². The van der Waals surface area contributed by atoms with Crippen LogP contribution < -0.4 is 10.6 Å². The van der Waals surface area contributed by atoms with Crippen molar-refractivity contribution in [2.45, 2.75) is 26.7 Å². The molecule has 19 heavy (non-hydrogen) atoms. The largest absolute Gasteiger partial charge is 0.409 e. The maximum Gasteiger partial charge on any atom is 0.170 e. The molecule has 1 heterocycles. The van der Waals surface area contributed by atoms with E-state index in [9.17, 15) is 4.39 Å². The van der Waals surface area contributed by atoms with E-state index < -0.39 is 0 Å². The van der Waals surface area contributed by atoms with Crippen molar-refractivity contribution in [3.63, 3.8) is 0 Å². The molecule has 1 aromatic rings. The van der Waals surface area contributed by atoms with Crippen molar-refractivity contribution < 1.29 is 9.60 Å². The van der Waals surface area contributed by atoms with Gasteiger partial charge in [-0.25, -0.2) is 4.39 Å². The first-order chi connectivity index (χ1) is 8.93. The molecule has 1 aromatic carbocycles. The van der Waals surface area contributed by atoms with Gasteiger partial charge < -0.3 is 15.8 Å². The minimum atomic E-state index is -0.332. The first kappa shape index (κ1) is 13.6. The van der Waals surface area contributed by atoms with Gasteiger partial charge in [0.25, 0.3) is 0 Å². The van der Waals surface area contributed by atoms with E-state index in [2.05, 4.69) is 23.9 Å². The Morgan fingerprint density at radius 1 is 1.47 bits per heavy atom. The van der Waals surface area contributed by atoms with Crippen molar-refractivity contribution in [1.29, 1.82) is 0 Å². The Kier molecular flexibility index (Phi) is 3.64. The number of anilines is 1. The van der Waals surface area contributed by atoms with Crippen molar-refractivity contribution in [1.82, 2.24) is 0 Å². The molecule has 5 heteroatoms. The highest BCUT2D eigenvalue weighted by Crippen LogP contribution is 2.32. The lowest BCUT2D eigenvalue weighted by molar-refractivity contribution is 0.292. The summed E-state index contributed by atoms with van der Waals surface area (Å²) in [7, 11) is 0. The fraction of sp³-hybridized carbons (Fsp3) is 0.500. The molecular weight excluding hydrogens is 245 g/mol. The van der Waals surface area contributed by atoms with Crippen LogP contribution in [-0.4, -0.2) is 24.1 Å². The van der Waals surface area contributed by atoms with Crippen molar-refractivity contribution in [2.24, 2.45) is 16.3 Å². The summed E-state index contributed by atoms with van der Waals surface area (Å²) in [6.45, 7) is 6.10. The Labute approximate surface area is 112 Å². The molecule has 0 atom stereocenters. The lowest BCUT2D eigenvalue weighted by Gasteiger charge is -2.39. The van der Waals surface area contributed by atoms with Crippen molar-refractivity contribution >= 4 is 11.5 Å². The van der Waals surface area contributed by atoms with Crippen molar-refractivity contribution in [3.05, 3.63) is 29.6 Å². The highest BCUT2D eigenvalue weighted by atomic mass is 19.1. The van der Waals surface area contributed by atoms with E-state index in [-0.39, 0.29) is 17.1 Å². The molecule has 0 aliphatic carbocycles. The molecule has 0 spiro atoms. The van der Waals surface area contributed by atoms with Gasteiger partial charge in [0.1, 0.15) is 5.82 Å². The molecule has 1 aliphatic heterocycles. The summed E-state index contributed by atoms with van der Waals surface area (Å²) in [6.07, 6.45) is 2.22. The third-order valence-corrected chi connectivity index (χ3v) is 3.59. The lowest BCUT2D eigenvalue weighted by Crippen LogP contribution is -2.40. The third-order valence-electron chi connectivity index (χ3n) is 3.59. The quantitative estimate of drug-likeness (QED) is 0.374. The van der Waals surface area contributed by atoms with E-state index in [0.717, 1.165) is 25.9 Å². The van der Waals surface area contributed by atoms with Crippen molar-refractivity contribution in [3.8, 4) is 0 Å². The molecule has 1 saturated heterocycles. The fourth-order valence-corrected chi connectivity index (χ4v) is 2.61. The number of oxime groups is 1. The van der Waals surface area contributed by atoms with Gasteiger partial charge in [0.05, 0.1) is 5.69 Å². The van der Waals surface area contributed by atoms with Gasteiger partial charge in [-0.15, -0.1) is 0 Å². The second-order valence-corrected chi connectivity index (χ2v) is 5.84. The Bertz CT molecular complexity index is 499. The summed E-state index contributed by atoms with van der Waals surface area (Å²) in [5.41, 5.74) is 6.63. The maximum absolute atomic E-state index is 14.1. The number of hydrogen-bond donors (Lipinski definition) is 2. The molecule has 0 amide bonds. The molecule has 0 saturated carbocycles. The normalized spacial score (nSPS) is 19.5. The molecule has 3 N–H and O–H groups in total. The molecule has 2 rings (SSSR count). The zero-order valence-electron chi connectivity index (χ0n) is 11.4. The second kappa shape index (κ2) is 5.07. The zero-order valence-corrected chi connectivity index (χ0v) is 11.4. The minimum absolute atomic E-state index is 0.0792. The van der Waals surface area contributed by atoms with Gasteiger partial charge in [-0.2, -0.15) is 0 Å². The Morgan fingerprint density at radius 3 is 2.79 bits per heavy atom. The van der Waals surface area contributed by atoms with Crippen LogP contribution in [0.3, 0.4) is 0 Å². The van der Waals surface area contributed by atoms with Gasteiger partial charge in [0, 0.05) is 18.7 Å². The Balaban J connectivity index is 2.26. The summed E-state index contributed by atoms with van der Waals surface area (Å²) < 4.78 is 14.1. The van der Waals surface area contributed by atoms with Crippen LogP contribution >= 0.6 is 0 Å². The molecule has 104 valence electrons. The van der Waals surface area contributed by atoms with Gasteiger partial charge in [-0.1, -0.05) is 19.0 Å². The van der Waals surface area contributed by atoms with Gasteiger partial charge in [-0.05, 0) is 36.5 Å². The van der Waals surface area contributed by atoms with Gasteiger partial charge >= 0.3 is 0 Å². The number of hydrogen-bond acceptors (Lipinski definition) is 3. The van der Waals surface area contributed by atoms with Crippen LogP contribution in [0.15, 0.2) is 23.4 Å². The molecule has 0 radical (unpaired) electrons. The average molecular weight is 265 g/mol. The zero-order chi connectivity index (χ0) is 14.0. The number of rotatable bonds is 2. The molecule has 1 fully saturated rings. The minimum Gasteiger partial charge on any atom is -0.409 e. The van der Waals surface area contributed by atoms with Crippen LogP contribution in [-0.2, 0) is 0 Å². The van der Waals surface area contributed by atoms with Gasteiger partial charge in [0.2, 0.25) is 0 Å². The molecule has 0 unspecified atom stereocenters. The predicted molar refractivity (Wildman–Crippen MR) is 74.1 cm³/mol. The Hall–Kier alpha value is -1.78. The summed E-state index contributed by atoms with van der Waals surface area (Å²) >= 11 is 0. The number of piperidine rings is 1. The SMILES string of the molecule is CC1(C)CCCN(c2ccc(C(N)=NO)cc2F)C1. The van der Waals surface area contributed by atoms with E-state index in [1.54, 1.807) is 12.1 Å². The van der Waals surface area contributed by atoms with E-state index in [0.29, 0.717) is 11.3 Å². The van der Waals surface area contributed by atoms with E-state index in [1.165, 1.54) is 6.07 Å². The lowest BCUT2D eigenvalue weighted by atomic mass is 9.84. The van der Waals surface area contributed by atoms with Crippen LogP contribution in [0.25, 0.3) is 0 Å². The van der Waals surface area contributed by atoms with Crippen LogP contribution in [0.5, 0.6) is 0 Å². The van der Waals surface area contributed by atoms with Crippen molar-refractivity contribution in [2.75, 3.05) is 18.0 Å². The predicted octanol–water partition coefficient (Wildman–Crippen LogP) is 2.55.